The van der Waals surface area contributed by atoms with E-state index in [-0.39, 0.29) is 11.3 Å². The molecule has 0 unspecified atom stereocenters. The van der Waals surface area contributed by atoms with Gasteiger partial charge in [0, 0.05) is 5.69 Å². The van der Waals surface area contributed by atoms with Gasteiger partial charge in [-0.05, 0) is 36.5 Å². The van der Waals surface area contributed by atoms with Crippen molar-refractivity contribution in [2.24, 2.45) is 0 Å². The quantitative estimate of drug-likeness (QED) is 0.281. The second-order valence-corrected chi connectivity index (χ2v) is 8.10. The SMILES string of the molecule is N#CCSc1nc2c(sc(=S)n2-c2ccccc2)c(=O)n1-c1ccccc1. The minimum absolute atomic E-state index is 0.183. The Kier molecular flexibility index (Phi) is 4.90. The van der Waals surface area contributed by atoms with Crippen LogP contribution < -0.4 is 5.56 Å². The summed E-state index contributed by atoms with van der Waals surface area (Å²) in [5, 5.41) is 9.47. The van der Waals surface area contributed by atoms with E-state index in [1.54, 1.807) is 4.57 Å². The first-order chi connectivity index (χ1) is 13.2. The smallest absolute Gasteiger partial charge is 0.275 e. The van der Waals surface area contributed by atoms with E-state index in [1.807, 2.05) is 65.2 Å². The second kappa shape index (κ2) is 7.48. The Labute approximate surface area is 168 Å². The zero-order chi connectivity index (χ0) is 18.8. The highest BCUT2D eigenvalue weighted by atomic mass is 32.2. The molecule has 2 aromatic carbocycles. The predicted octanol–water partition coefficient (Wildman–Crippen LogP) is 4.58. The van der Waals surface area contributed by atoms with Crippen molar-refractivity contribution in [2.45, 2.75) is 5.16 Å². The Morgan fingerprint density at radius 2 is 1.63 bits per heavy atom. The Morgan fingerprint density at radius 1 is 1.04 bits per heavy atom. The average molecular weight is 409 g/mol. The van der Waals surface area contributed by atoms with Crippen molar-refractivity contribution in [2.75, 3.05) is 5.75 Å². The topological polar surface area (TPSA) is 63.6 Å². The lowest BCUT2D eigenvalue weighted by molar-refractivity contribution is 0.813. The highest BCUT2D eigenvalue weighted by Gasteiger charge is 2.18. The molecule has 0 fully saturated rings. The molecule has 4 rings (SSSR count). The maximum Gasteiger partial charge on any atom is 0.278 e. The van der Waals surface area contributed by atoms with Gasteiger partial charge in [-0.1, -0.05) is 59.5 Å². The third-order valence-corrected chi connectivity index (χ3v) is 6.03. The maximum absolute atomic E-state index is 13.3. The molecule has 0 atom stereocenters. The molecule has 4 aromatic rings. The number of para-hydroxylation sites is 2. The molecule has 2 heterocycles. The summed E-state index contributed by atoms with van der Waals surface area (Å²) < 4.78 is 4.41. The number of aromatic nitrogens is 3. The number of fused-ring (bicyclic) bond motifs is 1. The van der Waals surface area contributed by atoms with Gasteiger partial charge in [0.15, 0.2) is 14.8 Å². The summed E-state index contributed by atoms with van der Waals surface area (Å²) in [5.74, 6) is 0.195. The van der Waals surface area contributed by atoms with Crippen LogP contribution in [-0.2, 0) is 0 Å². The van der Waals surface area contributed by atoms with Crippen molar-refractivity contribution in [3.63, 3.8) is 0 Å². The molecule has 8 heteroatoms. The molecule has 132 valence electrons. The molecule has 0 radical (unpaired) electrons. The van der Waals surface area contributed by atoms with Crippen molar-refractivity contribution in [1.29, 1.82) is 5.26 Å². The molecule has 5 nitrogen and oxygen atoms in total. The maximum atomic E-state index is 13.3. The largest absolute Gasteiger partial charge is 0.278 e. The summed E-state index contributed by atoms with van der Waals surface area (Å²) in [6, 6.07) is 21.0. The van der Waals surface area contributed by atoms with Crippen LogP contribution in [0.15, 0.2) is 70.6 Å². The van der Waals surface area contributed by atoms with Gasteiger partial charge in [-0.2, -0.15) is 5.26 Å². The monoisotopic (exact) mass is 408 g/mol. The van der Waals surface area contributed by atoms with E-state index < -0.39 is 0 Å². The summed E-state index contributed by atoms with van der Waals surface area (Å²) in [4.78, 5) is 18.0. The molecule has 0 saturated heterocycles. The van der Waals surface area contributed by atoms with Gasteiger partial charge in [0.05, 0.1) is 17.5 Å². The minimum Gasteiger partial charge on any atom is -0.275 e. The molecule has 2 aromatic heterocycles. The lowest BCUT2D eigenvalue weighted by Crippen LogP contribution is -2.21. The van der Waals surface area contributed by atoms with Gasteiger partial charge < -0.3 is 0 Å². The molecule has 0 saturated carbocycles. The zero-order valence-electron chi connectivity index (χ0n) is 13.9. The van der Waals surface area contributed by atoms with Gasteiger partial charge in [-0.3, -0.25) is 13.9 Å². The molecule has 0 aliphatic carbocycles. The molecule has 0 aliphatic rings. The Morgan fingerprint density at radius 3 is 2.22 bits per heavy atom. The van der Waals surface area contributed by atoms with Crippen LogP contribution >= 0.6 is 35.3 Å². The number of nitrogens with zero attached hydrogens (tertiary/aromatic N) is 4. The summed E-state index contributed by atoms with van der Waals surface area (Å²) in [7, 11) is 0. The fourth-order valence-corrected chi connectivity index (χ4v) is 4.71. The number of benzene rings is 2. The highest BCUT2D eigenvalue weighted by molar-refractivity contribution is 7.99. The molecule has 0 bridgehead atoms. The lowest BCUT2D eigenvalue weighted by atomic mass is 10.3. The van der Waals surface area contributed by atoms with Crippen LogP contribution in [0, 0.1) is 15.3 Å². The molecule has 0 spiro atoms. The van der Waals surface area contributed by atoms with Crippen molar-refractivity contribution >= 4 is 45.7 Å². The van der Waals surface area contributed by atoms with Gasteiger partial charge in [0.2, 0.25) is 0 Å². The summed E-state index contributed by atoms with van der Waals surface area (Å²) in [6.45, 7) is 0. The number of rotatable bonds is 4. The van der Waals surface area contributed by atoms with E-state index in [2.05, 4.69) is 6.07 Å². The lowest BCUT2D eigenvalue weighted by Gasteiger charge is -2.11. The van der Waals surface area contributed by atoms with Crippen LogP contribution in [-0.4, -0.2) is 19.9 Å². The van der Waals surface area contributed by atoms with Crippen molar-refractivity contribution in [3.05, 3.63) is 75.0 Å². The van der Waals surface area contributed by atoms with Gasteiger partial charge >= 0.3 is 0 Å². The molecule has 0 amide bonds. The Balaban J connectivity index is 2.06. The van der Waals surface area contributed by atoms with Crippen LogP contribution in [0.25, 0.3) is 21.7 Å². The fraction of sp³-hybridized carbons (Fsp3) is 0.0526. The zero-order valence-corrected chi connectivity index (χ0v) is 16.4. The Bertz CT molecular complexity index is 1270. The van der Waals surface area contributed by atoms with Crippen molar-refractivity contribution in [3.8, 4) is 17.4 Å². The van der Waals surface area contributed by atoms with Gasteiger partial charge in [-0.25, -0.2) is 4.98 Å². The predicted molar refractivity (Wildman–Crippen MR) is 112 cm³/mol. The van der Waals surface area contributed by atoms with Crippen molar-refractivity contribution in [1.82, 2.24) is 14.1 Å². The van der Waals surface area contributed by atoms with E-state index in [4.69, 9.17) is 22.5 Å². The van der Waals surface area contributed by atoms with E-state index in [0.29, 0.717) is 25.1 Å². The number of thiazole rings is 1. The third kappa shape index (κ3) is 3.21. The molecular weight excluding hydrogens is 396 g/mol. The third-order valence-electron chi connectivity index (χ3n) is 3.87. The van der Waals surface area contributed by atoms with E-state index >= 15 is 0 Å². The van der Waals surface area contributed by atoms with Crippen LogP contribution in [0.4, 0.5) is 0 Å². The average Bonchev–Trinajstić information content (AvgIpc) is 3.04. The molecule has 0 N–H and O–H groups in total. The van der Waals surface area contributed by atoms with Crippen molar-refractivity contribution < 1.29 is 0 Å². The van der Waals surface area contributed by atoms with Gasteiger partial charge in [0.1, 0.15) is 4.70 Å². The molecule has 27 heavy (non-hydrogen) atoms. The molecular formula is C19H12N4OS3. The Hall–Kier alpha value is -2.73. The number of hydrogen-bond donors (Lipinski definition) is 0. The highest BCUT2D eigenvalue weighted by Crippen LogP contribution is 2.27. The summed E-state index contributed by atoms with van der Waals surface area (Å²) >= 11 is 8.00. The van der Waals surface area contributed by atoms with Crippen LogP contribution in [0.3, 0.4) is 0 Å². The summed E-state index contributed by atoms with van der Waals surface area (Å²) in [6.07, 6.45) is 0. The first kappa shape index (κ1) is 17.7. The van der Waals surface area contributed by atoms with Crippen LogP contribution in [0.2, 0.25) is 0 Å². The summed E-state index contributed by atoms with van der Waals surface area (Å²) in [5.41, 5.74) is 1.91. The van der Waals surface area contributed by atoms with E-state index in [0.717, 1.165) is 5.69 Å². The van der Waals surface area contributed by atoms with E-state index in [9.17, 15) is 4.79 Å². The number of hydrogen-bond acceptors (Lipinski definition) is 6. The minimum atomic E-state index is -0.183. The van der Waals surface area contributed by atoms with Gasteiger partial charge in [-0.15, -0.1) is 0 Å². The number of thioether (sulfide) groups is 1. The van der Waals surface area contributed by atoms with E-state index in [1.165, 1.54) is 23.1 Å². The van der Waals surface area contributed by atoms with Gasteiger partial charge in [0.25, 0.3) is 5.56 Å². The first-order valence-corrected chi connectivity index (χ1v) is 10.2. The first-order valence-electron chi connectivity index (χ1n) is 8.00. The standard InChI is InChI=1S/C19H12N4OS3/c20-11-12-26-18-21-16-15(17(24)23(18)14-9-5-2-6-10-14)27-19(25)22(16)13-7-3-1-4-8-13/h1-10H,12H2. The molecule has 0 aliphatic heterocycles. The van der Waals surface area contributed by atoms with Crippen LogP contribution in [0.5, 0.6) is 0 Å². The van der Waals surface area contributed by atoms with Crippen LogP contribution in [0.1, 0.15) is 0 Å². The number of nitriles is 1. The normalized spacial score (nSPS) is 10.8. The second-order valence-electron chi connectivity index (χ2n) is 5.51. The fourth-order valence-electron chi connectivity index (χ4n) is 2.74.